The zero-order valence-electron chi connectivity index (χ0n) is 8.99. The molecule has 0 amide bonds. The van der Waals surface area contributed by atoms with Crippen LogP contribution in [0, 0.1) is 5.92 Å². The van der Waals surface area contributed by atoms with E-state index in [1.807, 2.05) is 25.3 Å². The number of carbonyl (C=O) groups is 1. The summed E-state index contributed by atoms with van der Waals surface area (Å²) in [6, 6.07) is 3.98. The van der Waals surface area contributed by atoms with Crippen LogP contribution in [-0.4, -0.2) is 29.1 Å². The third kappa shape index (κ3) is 4.16. The SMILES string of the molecule is CCC(CNCCc1ccc[nH]1)C(=O)O. The molecule has 1 atom stereocenters. The van der Waals surface area contributed by atoms with Gasteiger partial charge in [0.1, 0.15) is 0 Å². The van der Waals surface area contributed by atoms with Crippen LogP contribution in [0.4, 0.5) is 0 Å². The smallest absolute Gasteiger partial charge is 0.307 e. The van der Waals surface area contributed by atoms with E-state index in [0.29, 0.717) is 13.0 Å². The van der Waals surface area contributed by atoms with Gasteiger partial charge in [0.25, 0.3) is 0 Å². The van der Waals surface area contributed by atoms with Crippen LogP contribution in [0.3, 0.4) is 0 Å². The van der Waals surface area contributed by atoms with Crippen LogP contribution in [0.2, 0.25) is 0 Å². The van der Waals surface area contributed by atoms with Crippen molar-refractivity contribution in [3.63, 3.8) is 0 Å². The number of carboxylic acid groups (broad SMARTS) is 1. The van der Waals surface area contributed by atoms with Crippen LogP contribution in [0.25, 0.3) is 0 Å². The van der Waals surface area contributed by atoms with Crippen molar-refractivity contribution in [2.24, 2.45) is 5.92 Å². The van der Waals surface area contributed by atoms with E-state index in [0.717, 1.165) is 13.0 Å². The molecule has 1 heterocycles. The Morgan fingerprint density at radius 2 is 2.47 bits per heavy atom. The van der Waals surface area contributed by atoms with Gasteiger partial charge in [0.2, 0.25) is 0 Å². The first-order valence-corrected chi connectivity index (χ1v) is 5.29. The molecule has 0 saturated carbocycles. The molecule has 1 unspecified atom stereocenters. The van der Waals surface area contributed by atoms with Gasteiger partial charge in [-0.25, -0.2) is 0 Å². The second-order valence-electron chi connectivity index (χ2n) is 3.59. The molecule has 0 fully saturated rings. The zero-order valence-corrected chi connectivity index (χ0v) is 8.99. The van der Waals surface area contributed by atoms with Gasteiger partial charge in [-0.15, -0.1) is 0 Å². The van der Waals surface area contributed by atoms with E-state index in [2.05, 4.69) is 10.3 Å². The second-order valence-corrected chi connectivity index (χ2v) is 3.59. The van der Waals surface area contributed by atoms with E-state index in [1.165, 1.54) is 5.69 Å². The maximum Gasteiger partial charge on any atom is 0.307 e. The molecular weight excluding hydrogens is 192 g/mol. The molecule has 4 heteroatoms. The number of carboxylic acids is 1. The van der Waals surface area contributed by atoms with Crippen LogP contribution < -0.4 is 5.32 Å². The first-order valence-electron chi connectivity index (χ1n) is 5.29. The largest absolute Gasteiger partial charge is 0.481 e. The van der Waals surface area contributed by atoms with E-state index in [1.54, 1.807) is 0 Å². The predicted octanol–water partition coefficient (Wildman–Crippen LogP) is 1.26. The molecule has 0 aliphatic carbocycles. The maximum absolute atomic E-state index is 10.7. The predicted molar refractivity (Wildman–Crippen MR) is 58.8 cm³/mol. The fourth-order valence-electron chi connectivity index (χ4n) is 1.43. The molecule has 0 radical (unpaired) electrons. The molecule has 0 spiro atoms. The summed E-state index contributed by atoms with van der Waals surface area (Å²) in [6.45, 7) is 3.25. The van der Waals surface area contributed by atoms with E-state index in [-0.39, 0.29) is 5.92 Å². The summed E-state index contributed by atoms with van der Waals surface area (Å²) in [5.41, 5.74) is 1.17. The number of hydrogen-bond donors (Lipinski definition) is 3. The van der Waals surface area contributed by atoms with Gasteiger partial charge in [0.15, 0.2) is 0 Å². The number of nitrogens with one attached hydrogen (secondary N) is 2. The average molecular weight is 210 g/mol. The van der Waals surface area contributed by atoms with Gasteiger partial charge in [-0.2, -0.15) is 0 Å². The standard InChI is InChI=1S/C11H18N2O2/c1-2-9(11(14)15)8-12-7-5-10-4-3-6-13-10/h3-4,6,9,12-13H,2,5,7-8H2,1H3,(H,14,15). The fraction of sp³-hybridized carbons (Fsp3) is 0.545. The van der Waals surface area contributed by atoms with Gasteiger partial charge in [-0.05, 0) is 25.0 Å². The number of H-pyrrole nitrogens is 1. The van der Waals surface area contributed by atoms with Crippen LogP contribution in [0.1, 0.15) is 19.0 Å². The monoisotopic (exact) mass is 210 g/mol. The van der Waals surface area contributed by atoms with Crippen LogP contribution in [0.15, 0.2) is 18.3 Å². The first kappa shape index (κ1) is 11.8. The number of rotatable bonds is 7. The molecule has 15 heavy (non-hydrogen) atoms. The van der Waals surface area contributed by atoms with Crippen molar-refractivity contribution >= 4 is 5.97 Å². The molecule has 0 bridgehead atoms. The highest BCUT2D eigenvalue weighted by molar-refractivity contribution is 5.70. The minimum Gasteiger partial charge on any atom is -0.481 e. The first-order chi connectivity index (χ1) is 7.24. The summed E-state index contributed by atoms with van der Waals surface area (Å²) in [5, 5.41) is 12.0. The van der Waals surface area contributed by atoms with Gasteiger partial charge in [0, 0.05) is 25.0 Å². The molecule has 0 saturated heterocycles. The lowest BCUT2D eigenvalue weighted by Gasteiger charge is -2.10. The highest BCUT2D eigenvalue weighted by Gasteiger charge is 2.13. The summed E-state index contributed by atoms with van der Waals surface area (Å²) < 4.78 is 0. The number of aromatic nitrogens is 1. The molecule has 3 N–H and O–H groups in total. The van der Waals surface area contributed by atoms with Crippen molar-refractivity contribution in [2.45, 2.75) is 19.8 Å². The molecule has 1 aromatic rings. The van der Waals surface area contributed by atoms with Crippen molar-refractivity contribution in [1.82, 2.24) is 10.3 Å². The second kappa shape index (κ2) is 6.24. The number of aromatic amines is 1. The zero-order chi connectivity index (χ0) is 11.1. The minimum absolute atomic E-state index is 0.270. The average Bonchev–Trinajstić information content (AvgIpc) is 2.70. The van der Waals surface area contributed by atoms with Gasteiger partial charge >= 0.3 is 5.97 Å². The summed E-state index contributed by atoms with van der Waals surface area (Å²) in [6.07, 6.45) is 3.47. The summed E-state index contributed by atoms with van der Waals surface area (Å²) in [4.78, 5) is 13.8. The van der Waals surface area contributed by atoms with E-state index in [4.69, 9.17) is 5.11 Å². The molecule has 84 valence electrons. The van der Waals surface area contributed by atoms with Gasteiger partial charge in [0.05, 0.1) is 5.92 Å². The molecule has 0 aromatic carbocycles. The lowest BCUT2D eigenvalue weighted by molar-refractivity contribution is -0.141. The van der Waals surface area contributed by atoms with Crippen LogP contribution >= 0.6 is 0 Å². The lowest BCUT2D eigenvalue weighted by Crippen LogP contribution is -2.29. The summed E-state index contributed by atoms with van der Waals surface area (Å²) in [7, 11) is 0. The van der Waals surface area contributed by atoms with Crippen molar-refractivity contribution in [1.29, 1.82) is 0 Å². The minimum atomic E-state index is -0.718. The molecule has 4 nitrogen and oxygen atoms in total. The molecular formula is C11H18N2O2. The third-order valence-corrected chi connectivity index (χ3v) is 2.47. The number of aliphatic carboxylic acids is 1. The third-order valence-electron chi connectivity index (χ3n) is 2.47. The Labute approximate surface area is 89.7 Å². The van der Waals surface area contributed by atoms with Crippen molar-refractivity contribution < 1.29 is 9.90 Å². The van der Waals surface area contributed by atoms with Gasteiger partial charge in [-0.1, -0.05) is 6.92 Å². The highest BCUT2D eigenvalue weighted by Crippen LogP contribution is 2.00. The van der Waals surface area contributed by atoms with E-state index < -0.39 is 5.97 Å². The molecule has 0 aliphatic rings. The Hall–Kier alpha value is -1.29. The molecule has 0 aliphatic heterocycles. The quantitative estimate of drug-likeness (QED) is 0.593. The molecule has 1 rings (SSSR count). The van der Waals surface area contributed by atoms with Crippen molar-refractivity contribution in [3.8, 4) is 0 Å². The van der Waals surface area contributed by atoms with Crippen molar-refractivity contribution in [2.75, 3.05) is 13.1 Å². The van der Waals surface area contributed by atoms with E-state index in [9.17, 15) is 4.79 Å². The fourth-order valence-corrected chi connectivity index (χ4v) is 1.43. The lowest BCUT2D eigenvalue weighted by atomic mass is 10.1. The Morgan fingerprint density at radius 3 is 3.00 bits per heavy atom. The summed E-state index contributed by atoms with van der Waals surface area (Å²) in [5.74, 6) is -0.987. The topological polar surface area (TPSA) is 65.1 Å². The Morgan fingerprint density at radius 1 is 1.67 bits per heavy atom. The Kier molecular flexibility index (Phi) is 4.90. The Balaban J connectivity index is 2.13. The van der Waals surface area contributed by atoms with Crippen LogP contribution in [0.5, 0.6) is 0 Å². The normalized spacial score (nSPS) is 12.6. The summed E-state index contributed by atoms with van der Waals surface area (Å²) >= 11 is 0. The Bertz CT molecular complexity index is 283. The number of hydrogen-bond acceptors (Lipinski definition) is 2. The van der Waals surface area contributed by atoms with Crippen molar-refractivity contribution in [3.05, 3.63) is 24.0 Å². The maximum atomic E-state index is 10.7. The van der Waals surface area contributed by atoms with E-state index >= 15 is 0 Å². The van der Waals surface area contributed by atoms with Gasteiger partial charge < -0.3 is 15.4 Å². The highest BCUT2D eigenvalue weighted by atomic mass is 16.4. The molecule has 1 aromatic heterocycles. The van der Waals surface area contributed by atoms with Gasteiger partial charge in [-0.3, -0.25) is 4.79 Å². The van der Waals surface area contributed by atoms with Crippen LogP contribution in [-0.2, 0) is 11.2 Å².